The van der Waals surface area contributed by atoms with Crippen LogP contribution in [0.15, 0.2) is 10.6 Å². The summed E-state index contributed by atoms with van der Waals surface area (Å²) in [6.45, 7) is 1.72. The van der Waals surface area contributed by atoms with E-state index in [9.17, 15) is 13.2 Å². The van der Waals surface area contributed by atoms with Gasteiger partial charge in [0.25, 0.3) is 0 Å². The Morgan fingerprint density at radius 2 is 2.00 bits per heavy atom. The van der Waals surface area contributed by atoms with Crippen LogP contribution in [0.4, 0.5) is 0 Å². The van der Waals surface area contributed by atoms with E-state index in [1.54, 1.807) is 13.0 Å². The summed E-state index contributed by atoms with van der Waals surface area (Å²) in [4.78, 5) is 11.9. The molecule has 0 aromatic carbocycles. The monoisotopic (exact) mass is 314 g/mol. The third-order valence-corrected chi connectivity index (χ3v) is 5.04. The van der Waals surface area contributed by atoms with Crippen LogP contribution in [0.2, 0.25) is 0 Å². The highest BCUT2D eigenvalue weighted by molar-refractivity contribution is 7.91. The average molecular weight is 314 g/mol. The van der Waals surface area contributed by atoms with Gasteiger partial charge in [-0.15, -0.1) is 0 Å². The summed E-state index contributed by atoms with van der Waals surface area (Å²) >= 11 is 0. The Kier molecular flexibility index (Phi) is 5.39. The first-order valence-electron chi connectivity index (χ1n) is 7.36. The third kappa shape index (κ3) is 5.49. The maximum absolute atomic E-state index is 12.0. The van der Waals surface area contributed by atoms with Gasteiger partial charge in [-0.2, -0.15) is 0 Å². The molecule has 1 N–H and O–H groups in total. The van der Waals surface area contributed by atoms with E-state index >= 15 is 0 Å². The van der Waals surface area contributed by atoms with Gasteiger partial charge in [0.15, 0.2) is 15.6 Å². The van der Waals surface area contributed by atoms with E-state index in [-0.39, 0.29) is 17.6 Å². The molecule has 0 saturated heterocycles. The molecular formula is C14H22N2O4S. The lowest BCUT2D eigenvalue weighted by molar-refractivity contribution is -0.119. The van der Waals surface area contributed by atoms with Gasteiger partial charge in [0.2, 0.25) is 5.91 Å². The van der Waals surface area contributed by atoms with Crippen molar-refractivity contribution in [2.24, 2.45) is 0 Å². The number of carbonyl (C=O) groups is 1. The normalized spacial score (nSPS) is 17.4. The molecule has 0 bridgehead atoms. The number of nitrogens with zero attached hydrogens (tertiary/aromatic N) is 1. The van der Waals surface area contributed by atoms with Crippen molar-refractivity contribution in [3.63, 3.8) is 0 Å². The molecule has 1 aliphatic carbocycles. The highest BCUT2D eigenvalue weighted by Crippen LogP contribution is 2.17. The Labute approximate surface area is 125 Å². The second-order valence-electron chi connectivity index (χ2n) is 5.72. The molecule has 1 saturated carbocycles. The Balaban J connectivity index is 1.85. The predicted octanol–water partition coefficient (Wildman–Crippen LogP) is 1.74. The van der Waals surface area contributed by atoms with Crippen LogP contribution in [-0.2, 0) is 20.4 Å². The highest BCUT2D eigenvalue weighted by Gasteiger charge is 2.22. The predicted molar refractivity (Wildman–Crippen MR) is 78.4 cm³/mol. The van der Waals surface area contributed by atoms with Crippen molar-refractivity contribution in [3.8, 4) is 0 Å². The lowest BCUT2D eigenvalue weighted by atomic mass is 10.1. The molecule has 0 unspecified atom stereocenters. The van der Waals surface area contributed by atoms with E-state index < -0.39 is 21.5 Å². The number of carbonyl (C=O) groups excluding carboxylic acids is 1. The summed E-state index contributed by atoms with van der Waals surface area (Å²) in [5.41, 5.74) is 0.628. The third-order valence-electron chi connectivity index (χ3n) is 3.61. The van der Waals surface area contributed by atoms with E-state index in [4.69, 9.17) is 4.52 Å². The second kappa shape index (κ2) is 7.06. The standard InChI is InChI=1S/C14H22N2O4S/c1-11-8-13(20-16-11)9-21(18,19)10-14(17)15-12-6-4-2-3-5-7-12/h8,12H,2-7,9-10H2,1H3,(H,15,17). The molecule has 2 rings (SSSR count). The molecule has 1 aromatic heterocycles. The Hall–Kier alpha value is -1.37. The van der Waals surface area contributed by atoms with Crippen molar-refractivity contribution in [2.75, 3.05) is 5.75 Å². The van der Waals surface area contributed by atoms with Gasteiger partial charge in [0.1, 0.15) is 11.5 Å². The summed E-state index contributed by atoms with van der Waals surface area (Å²) < 4.78 is 28.8. The molecule has 0 aliphatic heterocycles. The number of hydrogen-bond acceptors (Lipinski definition) is 5. The topological polar surface area (TPSA) is 89.3 Å². The second-order valence-corrected chi connectivity index (χ2v) is 7.79. The van der Waals surface area contributed by atoms with Crippen LogP contribution < -0.4 is 5.32 Å². The minimum atomic E-state index is -3.53. The Morgan fingerprint density at radius 1 is 1.33 bits per heavy atom. The quantitative estimate of drug-likeness (QED) is 0.836. The van der Waals surface area contributed by atoms with Gasteiger partial charge in [-0.05, 0) is 19.8 Å². The van der Waals surface area contributed by atoms with Crippen molar-refractivity contribution in [2.45, 2.75) is 57.2 Å². The number of amides is 1. The van der Waals surface area contributed by atoms with Crippen molar-refractivity contribution in [3.05, 3.63) is 17.5 Å². The lowest BCUT2D eigenvalue weighted by Gasteiger charge is -2.15. The van der Waals surface area contributed by atoms with Gasteiger partial charge in [0.05, 0.1) is 5.69 Å². The number of aromatic nitrogens is 1. The van der Waals surface area contributed by atoms with Crippen molar-refractivity contribution in [1.82, 2.24) is 10.5 Å². The summed E-state index contributed by atoms with van der Waals surface area (Å²) in [6, 6.07) is 1.68. The zero-order valence-electron chi connectivity index (χ0n) is 12.3. The van der Waals surface area contributed by atoms with Gasteiger partial charge in [-0.1, -0.05) is 30.8 Å². The molecule has 1 aliphatic rings. The molecule has 0 radical (unpaired) electrons. The fraction of sp³-hybridized carbons (Fsp3) is 0.714. The first-order chi connectivity index (χ1) is 9.94. The van der Waals surface area contributed by atoms with Crippen molar-refractivity contribution < 1.29 is 17.7 Å². The van der Waals surface area contributed by atoms with E-state index in [2.05, 4.69) is 10.5 Å². The van der Waals surface area contributed by atoms with Crippen LogP contribution in [-0.4, -0.2) is 31.3 Å². The molecule has 1 fully saturated rings. The largest absolute Gasteiger partial charge is 0.360 e. The molecule has 21 heavy (non-hydrogen) atoms. The molecule has 1 heterocycles. The smallest absolute Gasteiger partial charge is 0.235 e. The molecule has 0 atom stereocenters. The summed E-state index contributed by atoms with van der Waals surface area (Å²) in [5, 5.41) is 6.49. The number of hydrogen-bond donors (Lipinski definition) is 1. The SMILES string of the molecule is Cc1cc(CS(=O)(=O)CC(=O)NC2CCCCCC2)on1. The molecule has 7 heteroatoms. The van der Waals surface area contributed by atoms with Gasteiger partial charge in [0, 0.05) is 12.1 Å². The van der Waals surface area contributed by atoms with E-state index in [1.165, 1.54) is 12.8 Å². The molecule has 0 spiro atoms. The summed E-state index contributed by atoms with van der Waals surface area (Å²) in [6.07, 6.45) is 6.44. The fourth-order valence-corrected chi connectivity index (χ4v) is 3.80. The van der Waals surface area contributed by atoms with Crippen LogP contribution in [0.5, 0.6) is 0 Å². The molecule has 6 nitrogen and oxygen atoms in total. The number of nitrogens with one attached hydrogen (secondary N) is 1. The lowest BCUT2D eigenvalue weighted by Crippen LogP contribution is -2.38. The average Bonchev–Trinajstić information content (AvgIpc) is 2.62. The number of aryl methyl sites for hydroxylation is 1. The fourth-order valence-electron chi connectivity index (χ4n) is 2.64. The van der Waals surface area contributed by atoms with Crippen LogP contribution >= 0.6 is 0 Å². The number of rotatable bonds is 5. The maximum atomic E-state index is 12.0. The molecule has 1 amide bonds. The van der Waals surface area contributed by atoms with Crippen LogP contribution in [0.1, 0.15) is 50.0 Å². The van der Waals surface area contributed by atoms with Gasteiger partial charge < -0.3 is 9.84 Å². The number of sulfone groups is 1. The Morgan fingerprint density at radius 3 is 2.57 bits per heavy atom. The molecular weight excluding hydrogens is 292 g/mol. The molecule has 1 aromatic rings. The van der Waals surface area contributed by atoms with E-state index in [0.29, 0.717) is 5.69 Å². The van der Waals surface area contributed by atoms with Gasteiger partial charge in [-0.3, -0.25) is 4.79 Å². The first-order valence-corrected chi connectivity index (χ1v) is 9.19. The van der Waals surface area contributed by atoms with Gasteiger partial charge in [-0.25, -0.2) is 8.42 Å². The minimum Gasteiger partial charge on any atom is -0.360 e. The van der Waals surface area contributed by atoms with Crippen LogP contribution in [0.3, 0.4) is 0 Å². The van der Waals surface area contributed by atoms with Gasteiger partial charge >= 0.3 is 0 Å². The Bertz CT molecular complexity index is 572. The zero-order valence-corrected chi connectivity index (χ0v) is 13.1. The zero-order chi connectivity index (χ0) is 15.3. The van der Waals surface area contributed by atoms with Crippen LogP contribution in [0, 0.1) is 6.92 Å². The van der Waals surface area contributed by atoms with E-state index in [0.717, 1.165) is 25.7 Å². The first kappa shape index (κ1) is 16.0. The van der Waals surface area contributed by atoms with E-state index in [1.807, 2.05) is 0 Å². The highest BCUT2D eigenvalue weighted by atomic mass is 32.2. The maximum Gasteiger partial charge on any atom is 0.235 e. The minimum absolute atomic E-state index is 0.114. The molecule has 118 valence electrons. The van der Waals surface area contributed by atoms with Crippen molar-refractivity contribution >= 4 is 15.7 Å². The summed E-state index contributed by atoms with van der Waals surface area (Å²) in [5.74, 6) is -0.928. The van der Waals surface area contributed by atoms with Crippen LogP contribution in [0.25, 0.3) is 0 Å². The summed E-state index contributed by atoms with van der Waals surface area (Å²) in [7, 11) is -3.53. The van der Waals surface area contributed by atoms with Crippen molar-refractivity contribution in [1.29, 1.82) is 0 Å².